The Morgan fingerprint density at radius 1 is 0.875 bits per heavy atom. The zero-order valence-corrected chi connectivity index (χ0v) is 22.6. The van der Waals surface area contributed by atoms with Crippen LogP contribution in [0.2, 0.25) is 0 Å². The topological polar surface area (TPSA) is 93.8 Å². The third-order valence-corrected chi connectivity index (χ3v) is 7.53. The van der Waals surface area contributed by atoms with E-state index in [1.54, 1.807) is 23.1 Å². The summed E-state index contributed by atoms with van der Waals surface area (Å²) in [4.78, 5) is 42.6. The van der Waals surface area contributed by atoms with Crippen LogP contribution >= 0.6 is 0 Å². The van der Waals surface area contributed by atoms with Crippen molar-refractivity contribution >= 4 is 34.9 Å². The Morgan fingerprint density at radius 2 is 1.60 bits per heavy atom. The number of halogens is 1. The number of carbonyl (C=O) groups is 3. The SMILES string of the molecule is Cc1cccc(NC(=O)N2CCN(c3ccc(NC(=O)C4CCC4)cc3C(=O)NCc3ccc(F)cc3)CC2)c1. The lowest BCUT2D eigenvalue weighted by molar-refractivity contribution is -0.122. The molecule has 1 saturated carbocycles. The molecule has 40 heavy (non-hydrogen) atoms. The highest BCUT2D eigenvalue weighted by Crippen LogP contribution is 2.30. The van der Waals surface area contributed by atoms with E-state index >= 15 is 0 Å². The van der Waals surface area contributed by atoms with Crippen LogP contribution in [-0.4, -0.2) is 48.9 Å². The molecule has 9 heteroatoms. The van der Waals surface area contributed by atoms with Crippen LogP contribution in [0.15, 0.2) is 66.7 Å². The average Bonchev–Trinajstić information content (AvgIpc) is 2.91. The molecule has 3 aromatic rings. The molecule has 0 atom stereocenters. The second-order valence-electron chi connectivity index (χ2n) is 10.4. The highest BCUT2D eigenvalue weighted by Gasteiger charge is 2.27. The van der Waals surface area contributed by atoms with Crippen molar-refractivity contribution in [3.63, 3.8) is 0 Å². The minimum Gasteiger partial charge on any atom is -0.367 e. The number of nitrogens with one attached hydrogen (secondary N) is 3. The maximum absolute atomic E-state index is 13.4. The number of urea groups is 1. The number of benzene rings is 3. The number of hydrogen-bond acceptors (Lipinski definition) is 4. The number of hydrogen-bond donors (Lipinski definition) is 3. The number of rotatable bonds is 7. The predicted molar refractivity (Wildman–Crippen MR) is 154 cm³/mol. The third kappa shape index (κ3) is 6.59. The molecule has 3 aromatic carbocycles. The largest absolute Gasteiger partial charge is 0.367 e. The Bertz CT molecular complexity index is 1380. The van der Waals surface area contributed by atoms with Gasteiger partial charge in [-0.15, -0.1) is 0 Å². The molecule has 208 valence electrons. The van der Waals surface area contributed by atoms with Crippen LogP contribution < -0.4 is 20.9 Å². The van der Waals surface area contributed by atoms with E-state index in [1.807, 2.05) is 43.3 Å². The number of nitrogens with zero attached hydrogens (tertiary/aromatic N) is 2. The number of carbonyl (C=O) groups excluding carboxylic acids is 3. The van der Waals surface area contributed by atoms with Crippen molar-refractivity contribution < 1.29 is 18.8 Å². The zero-order chi connectivity index (χ0) is 28.1. The summed E-state index contributed by atoms with van der Waals surface area (Å²) in [6.45, 7) is 4.30. The van der Waals surface area contributed by atoms with Crippen LogP contribution in [0.1, 0.15) is 40.7 Å². The number of aryl methyl sites for hydroxylation is 1. The van der Waals surface area contributed by atoms with Crippen molar-refractivity contribution in [2.45, 2.75) is 32.7 Å². The van der Waals surface area contributed by atoms with E-state index in [-0.39, 0.29) is 36.1 Å². The summed E-state index contributed by atoms with van der Waals surface area (Å²) >= 11 is 0. The first kappa shape index (κ1) is 27.2. The summed E-state index contributed by atoms with van der Waals surface area (Å²) in [5.41, 5.74) is 4.35. The maximum atomic E-state index is 13.4. The van der Waals surface area contributed by atoms with Gasteiger partial charge in [-0.2, -0.15) is 0 Å². The van der Waals surface area contributed by atoms with Crippen molar-refractivity contribution in [1.82, 2.24) is 10.2 Å². The summed E-state index contributed by atoms with van der Waals surface area (Å²) in [6, 6.07) is 18.9. The third-order valence-electron chi connectivity index (χ3n) is 7.53. The fourth-order valence-electron chi connectivity index (χ4n) is 4.94. The maximum Gasteiger partial charge on any atom is 0.321 e. The van der Waals surface area contributed by atoms with Gasteiger partial charge < -0.3 is 25.8 Å². The highest BCUT2D eigenvalue weighted by atomic mass is 19.1. The molecule has 2 aliphatic rings. The molecule has 0 aromatic heterocycles. The van der Waals surface area contributed by atoms with Crippen molar-refractivity contribution in [3.8, 4) is 0 Å². The molecule has 3 N–H and O–H groups in total. The van der Waals surface area contributed by atoms with E-state index in [1.165, 1.54) is 12.1 Å². The smallest absolute Gasteiger partial charge is 0.321 e. The molecule has 0 radical (unpaired) electrons. The first-order valence-electron chi connectivity index (χ1n) is 13.7. The minimum absolute atomic E-state index is 0.0226. The van der Waals surface area contributed by atoms with Crippen LogP contribution in [0, 0.1) is 18.7 Å². The van der Waals surface area contributed by atoms with E-state index in [0.29, 0.717) is 37.4 Å². The molecule has 5 rings (SSSR count). The van der Waals surface area contributed by atoms with Gasteiger partial charge in [-0.1, -0.05) is 30.7 Å². The molecular formula is C31H34FN5O3. The Labute approximate surface area is 233 Å². The first-order valence-corrected chi connectivity index (χ1v) is 13.7. The van der Waals surface area contributed by atoms with Crippen LogP contribution in [0.25, 0.3) is 0 Å². The van der Waals surface area contributed by atoms with Gasteiger partial charge in [0.25, 0.3) is 5.91 Å². The van der Waals surface area contributed by atoms with E-state index in [4.69, 9.17) is 0 Å². The highest BCUT2D eigenvalue weighted by molar-refractivity contribution is 6.02. The lowest BCUT2D eigenvalue weighted by Crippen LogP contribution is -2.50. The van der Waals surface area contributed by atoms with Gasteiger partial charge in [-0.25, -0.2) is 9.18 Å². The fourth-order valence-corrected chi connectivity index (χ4v) is 4.94. The molecule has 1 heterocycles. The second-order valence-corrected chi connectivity index (χ2v) is 10.4. The van der Waals surface area contributed by atoms with E-state index < -0.39 is 0 Å². The molecule has 1 aliphatic carbocycles. The van der Waals surface area contributed by atoms with E-state index in [0.717, 1.165) is 41.8 Å². The van der Waals surface area contributed by atoms with Gasteiger partial charge in [0, 0.05) is 55.7 Å². The van der Waals surface area contributed by atoms with Gasteiger partial charge in [0.1, 0.15) is 5.82 Å². The number of anilines is 3. The van der Waals surface area contributed by atoms with Gasteiger partial charge in [0.2, 0.25) is 5.91 Å². The lowest BCUT2D eigenvalue weighted by Gasteiger charge is -2.37. The van der Waals surface area contributed by atoms with E-state index in [2.05, 4.69) is 20.9 Å². The van der Waals surface area contributed by atoms with Gasteiger partial charge in [0.05, 0.1) is 5.56 Å². The van der Waals surface area contributed by atoms with Crippen LogP contribution in [0.3, 0.4) is 0 Å². The quantitative estimate of drug-likeness (QED) is 0.384. The normalized spacial score (nSPS) is 15.2. The zero-order valence-electron chi connectivity index (χ0n) is 22.6. The van der Waals surface area contributed by atoms with Crippen LogP contribution in [0.4, 0.5) is 26.2 Å². The van der Waals surface area contributed by atoms with Gasteiger partial charge in [-0.3, -0.25) is 9.59 Å². The van der Waals surface area contributed by atoms with Gasteiger partial charge in [-0.05, 0) is 73.4 Å². The molecule has 1 saturated heterocycles. The molecule has 1 aliphatic heterocycles. The average molecular weight is 544 g/mol. The predicted octanol–water partition coefficient (Wildman–Crippen LogP) is 5.16. The van der Waals surface area contributed by atoms with Crippen LogP contribution in [-0.2, 0) is 11.3 Å². The van der Waals surface area contributed by atoms with Crippen molar-refractivity contribution in [2.75, 3.05) is 41.7 Å². The minimum atomic E-state index is -0.334. The Balaban J connectivity index is 1.28. The van der Waals surface area contributed by atoms with Gasteiger partial charge >= 0.3 is 6.03 Å². The monoisotopic (exact) mass is 543 g/mol. The van der Waals surface area contributed by atoms with Gasteiger partial charge in [0.15, 0.2) is 0 Å². The molecule has 2 fully saturated rings. The Kier molecular flexibility index (Phi) is 8.28. The summed E-state index contributed by atoms with van der Waals surface area (Å²) < 4.78 is 13.3. The summed E-state index contributed by atoms with van der Waals surface area (Å²) in [5.74, 6) is -0.628. The summed E-state index contributed by atoms with van der Waals surface area (Å²) in [7, 11) is 0. The molecule has 0 unspecified atom stereocenters. The molecule has 4 amide bonds. The van der Waals surface area contributed by atoms with Crippen molar-refractivity contribution in [1.29, 1.82) is 0 Å². The summed E-state index contributed by atoms with van der Waals surface area (Å²) in [6.07, 6.45) is 2.83. The Hall–Kier alpha value is -4.40. The molecule has 0 bridgehead atoms. The molecule has 0 spiro atoms. The van der Waals surface area contributed by atoms with Crippen molar-refractivity contribution in [2.24, 2.45) is 5.92 Å². The number of amides is 4. The number of piperazine rings is 1. The molecule has 8 nitrogen and oxygen atoms in total. The van der Waals surface area contributed by atoms with Crippen molar-refractivity contribution in [3.05, 3.63) is 89.2 Å². The first-order chi connectivity index (χ1) is 19.4. The second kappa shape index (κ2) is 12.2. The summed E-state index contributed by atoms with van der Waals surface area (Å²) in [5, 5.41) is 8.84. The lowest BCUT2D eigenvalue weighted by atomic mass is 9.85. The van der Waals surface area contributed by atoms with Crippen LogP contribution in [0.5, 0.6) is 0 Å². The standard InChI is InChI=1S/C31H34FN5O3/c1-21-4-2-7-25(18-21)35-31(40)37-16-14-36(15-17-37)28-13-12-26(34-29(38)23-5-3-6-23)19-27(28)30(39)33-20-22-8-10-24(32)11-9-22/h2,4,7-13,18-19,23H,3,5-6,14-17,20H2,1H3,(H,33,39)(H,34,38)(H,35,40). The molecular weight excluding hydrogens is 509 g/mol. The van der Waals surface area contributed by atoms with E-state index in [9.17, 15) is 18.8 Å². The fraction of sp³-hybridized carbons (Fsp3) is 0.323. The Morgan fingerprint density at radius 3 is 2.27 bits per heavy atom.